The van der Waals surface area contributed by atoms with Crippen molar-refractivity contribution in [2.24, 2.45) is 0 Å². The third-order valence-corrected chi connectivity index (χ3v) is 3.47. The molecule has 3 rings (SSSR count). The molecule has 0 aromatic carbocycles. The zero-order valence-electron chi connectivity index (χ0n) is 12.7. The Morgan fingerprint density at radius 3 is 3.00 bits per heavy atom. The maximum absolute atomic E-state index is 12.3. The van der Waals surface area contributed by atoms with E-state index < -0.39 is 0 Å². The van der Waals surface area contributed by atoms with Crippen LogP contribution in [0.25, 0.3) is 16.6 Å². The van der Waals surface area contributed by atoms with E-state index in [9.17, 15) is 4.79 Å². The predicted molar refractivity (Wildman–Crippen MR) is 94.8 cm³/mol. The summed E-state index contributed by atoms with van der Waals surface area (Å²) in [6, 6.07) is 3.35. The molecule has 0 aliphatic carbocycles. The highest BCUT2D eigenvalue weighted by molar-refractivity contribution is 6.42. The smallest absolute Gasteiger partial charge is 0.244 e. The number of aromatic amines is 1. The minimum Gasteiger partial charge on any atom is -0.367 e. The summed E-state index contributed by atoms with van der Waals surface area (Å²) >= 11 is 0. The molecule has 0 saturated heterocycles. The van der Waals surface area contributed by atoms with Crippen LogP contribution in [0.15, 0.2) is 48.3 Å². The third-order valence-electron chi connectivity index (χ3n) is 3.47. The van der Waals surface area contributed by atoms with Crippen LogP contribution in [0.3, 0.4) is 0 Å². The lowest BCUT2D eigenvalue weighted by molar-refractivity contribution is 0.951. The average molecular weight is 314 g/mol. The number of allylic oxidation sites excluding steroid dienone is 2. The molecular formula is C15H12B2N6O. The van der Waals surface area contributed by atoms with E-state index in [0.717, 1.165) is 4.48 Å². The monoisotopic (exact) mass is 314 g/mol. The molecule has 114 valence electrons. The normalized spacial score (nSPS) is 11.6. The van der Waals surface area contributed by atoms with Gasteiger partial charge in [0, 0.05) is 11.3 Å². The second kappa shape index (κ2) is 6.57. The zero-order chi connectivity index (χ0) is 17.1. The summed E-state index contributed by atoms with van der Waals surface area (Å²) in [6.07, 6.45) is 6.00. The highest BCUT2D eigenvalue weighted by atomic mass is 16.1. The lowest BCUT2D eigenvalue weighted by Crippen LogP contribution is -2.26. The van der Waals surface area contributed by atoms with Crippen molar-refractivity contribution in [3.63, 3.8) is 0 Å². The lowest BCUT2D eigenvalue weighted by atomic mass is 9.88. The highest BCUT2D eigenvalue weighted by Crippen LogP contribution is 2.15. The van der Waals surface area contributed by atoms with Crippen LogP contribution in [0.5, 0.6) is 0 Å². The van der Waals surface area contributed by atoms with E-state index in [1.165, 1.54) is 18.7 Å². The Labute approximate surface area is 140 Å². The van der Waals surface area contributed by atoms with E-state index in [1.807, 2.05) is 0 Å². The number of pyridine rings is 1. The topological polar surface area (TPSA) is 88.5 Å². The first kappa shape index (κ1) is 15.8. The molecule has 4 radical (unpaired) electrons. The Kier molecular flexibility index (Phi) is 4.33. The number of fused-ring (bicyclic) bond motifs is 1. The third kappa shape index (κ3) is 2.88. The van der Waals surface area contributed by atoms with Gasteiger partial charge in [0.2, 0.25) is 13.5 Å². The van der Waals surface area contributed by atoms with Gasteiger partial charge in [-0.25, -0.2) is 15.0 Å². The quantitative estimate of drug-likeness (QED) is 0.536. The van der Waals surface area contributed by atoms with Crippen molar-refractivity contribution in [1.29, 1.82) is 0 Å². The molecule has 0 aliphatic rings. The Morgan fingerprint density at radius 2 is 2.21 bits per heavy atom. The number of imidazole rings is 1. The Morgan fingerprint density at radius 1 is 1.38 bits per heavy atom. The van der Waals surface area contributed by atoms with Crippen LogP contribution in [-0.2, 0) is 6.54 Å². The second-order valence-electron chi connectivity index (χ2n) is 4.95. The van der Waals surface area contributed by atoms with E-state index in [2.05, 4.69) is 31.8 Å². The number of aromatic nitrogens is 5. The van der Waals surface area contributed by atoms with Crippen molar-refractivity contribution in [3.8, 4) is 0 Å². The summed E-state index contributed by atoms with van der Waals surface area (Å²) in [4.78, 5) is 27.5. The number of hydrogen-bond donors (Lipinski definition) is 2. The van der Waals surface area contributed by atoms with Gasteiger partial charge in [-0.2, -0.15) is 0 Å². The molecule has 0 spiro atoms. The molecule has 0 saturated carbocycles. The summed E-state index contributed by atoms with van der Waals surface area (Å²) in [5.74, 6) is 0.570. The van der Waals surface area contributed by atoms with Crippen LogP contribution < -0.4 is 10.9 Å². The number of H-pyrrole nitrogens is 1. The van der Waals surface area contributed by atoms with Crippen LogP contribution in [0.4, 0.5) is 5.82 Å². The molecular weight excluding hydrogens is 302 g/mol. The number of anilines is 1. The molecule has 0 bridgehead atoms. The van der Waals surface area contributed by atoms with Gasteiger partial charge >= 0.3 is 0 Å². The van der Waals surface area contributed by atoms with E-state index >= 15 is 0 Å². The minimum absolute atomic E-state index is 0.294. The van der Waals surface area contributed by atoms with Crippen LogP contribution >= 0.6 is 0 Å². The molecule has 7 nitrogen and oxygen atoms in total. The van der Waals surface area contributed by atoms with Gasteiger partial charge in [-0.3, -0.25) is 4.79 Å². The van der Waals surface area contributed by atoms with Gasteiger partial charge in [-0.05, 0) is 12.1 Å². The molecule has 0 aliphatic heterocycles. The fourth-order valence-electron chi connectivity index (χ4n) is 2.25. The summed E-state index contributed by atoms with van der Waals surface area (Å²) < 4.78 is 1.05. The number of nitrogens with zero attached hydrogens (tertiary/aromatic N) is 4. The van der Waals surface area contributed by atoms with Crippen LogP contribution in [0.2, 0.25) is 0 Å². The lowest BCUT2D eigenvalue weighted by Gasteiger charge is -2.12. The van der Waals surface area contributed by atoms with Gasteiger partial charge in [0.15, 0.2) is 11.5 Å². The Bertz CT molecular complexity index is 991. The maximum Gasteiger partial charge on any atom is 0.244 e. The number of nitrogens with one attached hydrogen (secondary N) is 2. The molecule has 3 aromatic heterocycles. The minimum atomic E-state index is -0.390. The average Bonchev–Trinajstić information content (AvgIpc) is 3.05. The molecule has 2 N–H and O–H groups in total. The molecule has 0 amide bonds. The first-order valence-corrected chi connectivity index (χ1v) is 7.08. The van der Waals surface area contributed by atoms with Crippen LogP contribution in [-0.4, -0.2) is 40.2 Å². The van der Waals surface area contributed by atoms with E-state index in [1.54, 1.807) is 18.2 Å². The van der Waals surface area contributed by atoms with Crippen LogP contribution in [0, 0.1) is 0 Å². The van der Waals surface area contributed by atoms with Crippen molar-refractivity contribution in [2.75, 3.05) is 5.32 Å². The maximum atomic E-state index is 12.3. The van der Waals surface area contributed by atoms with Crippen molar-refractivity contribution < 1.29 is 0 Å². The van der Waals surface area contributed by atoms with Gasteiger partial charge in [0.1, 0.15) is 19.7 Å². The molecule has 24 heavy (non-hydrogen) atoms. The number of rotatable bonds is 5. The molecule has 0 unspecified atom stereocenters. The van der Waals surface area contributed by atoms with Gasteiger partial charge in [-0.1, -0.05) is 24.2 Å². The fraction of sp³-hybridized carbons (Fsp3) is 0.0667. The highest BCUT2D eigenvalue weighted by Gasteiger charge is 2.09. The molecule has 3 heterocycles. The molecule has 3 aromatic rings. The zero-order valence-corrected chi connectivity index (χ0v) is 12.7. The van der Waals surface area contributed by atoms with Gasteiger partial charge in [-0.15, -0.1) is 0 Å². The summed E-state index contributed by atoms with van der Waals surface area (Å²) in [5.41, 5.74) is 2.04. The SMILES string of the molecule is [B]/C(=C/C=C)c1ccc(CNc2ncnc3nc[nH]c23)n([B])c1=O. The van der Waals surface area contributed by atoms with Gasteiger partial charge in [0.25, 0.3) is 0 Å². The standard InChI is InChI=1S/C15H12B2N6O/c1-2-3-11(16)10-5-4-9(23(17)15(10)24)6-18-13-12-14(20-7-19-12)22-8-21-13/h2-5,7-8H,1,6H2,(H2,18,19,20,21,22)/b11-3+. The molecule has 9 heteroatoms. The van der Waals surface area contributed by atoms with E-state index in [-0.39, 0.29) is 5.56 Å². The molecule has 0 fully saturated rings. The summed E-state index contributed by atoms with van der Waals surface area (Å²) in [7, 11) is 11.7. The fourth-order valence-corrected chi connectivity index (χ4v) is 2.25. The van der Waals surface area contributed by atoms with Gasteiger partial charge in [0.05, 0.1) is 12.9 Å². The Balaban J connectivity index is 1.87. The first-order chi connectivity index (χ1) is 11.6. The van der Waals surface area contributed by atoms with E-state index in [0.29, 0.717) is 40.3 Å². The second-order valence-corrected chi connectivity index (χ2v) is 4.95. The van der Waals surface area contributed by atoms with E-state index in [4.69, 9.17) is 15.8 Å². The van der Waals surface area contributed by atoms with Crippen molar-refractivity contribution in [3.05, 3.63) is 65.1 Å². The van der Waals surface area contributed by atoms with Crippen molar-refractivity contribution >= 4 is 38.3 Å². The van der Waals surface area contributed by atoms with Crippen molar-refractivity contribution in [1.82, 2.24) is 24.4 Å². The first-order valence-electron chi connectivity index (χ1n) is 7.08. The summed E-state index contributed by atoms with van der Waals surface area (Å²) in [5, 5.41) is 3.11. The Hall–Kier alpha value is -3.09. The predicted octanol–water partition coefficient (Wildman–Crippen LogP) is 0.754. The number of hydrogen-bond acceptors (Lipinski definition) is 5. The van der Waals surface area contributed by atoms with Crippen molar-refractivity contribution in [2.45, 2.75) is 6.54 Å². The summed E-state index contributed by atoms with van der Waals surface area (Å²) in [6.45, 7) is 3.85. The largest absolute Gasteiger partial charge is 0.367 e. The van der Waals surface area contributed by atoms with Gasteiger partial charge < -0.3 is 14.8 Å². The van der Waals surface area contributed by atoms with Crippen LogP contribution in [0.1, 0.15) is 11.3 Å². The molecule has 0 atom stereocenters.